The van der Waals surface area contributed by atoms with E-state index in [2.05, 4.69) is 38.3 Å². The molecule has 0 saturated heterocycles. The molecule has 22 heavy (non-hydrogen) atoms. The number of benzene rings is 1. The quantitative estimate of drug-likeness (QED) is 0.485. The van der Waals surface area contributed by atoms with Crippen molar-refractivity contribution in [3.8, 4) is 0 Å². The lowest BCUT2D eigenvalue weighted by Crippen LogP contribution is -2.31. The molecule has 0 bridgehead atoms. The summed E-state index contributed by atoms with van der Waals surface area (Å²) < 4.78 is 0. The van der Waals surface area contributed by atoms with Gasteiger partial charge >= 0.3 is 0 Å². The van der Waals surface area contributed by atoms with Gasteiger partial charge in [-0.1, -0.05) is 33.6 Å². The second-order valence-corrected chi connectivity index (χ2v) is 6.22. The Balaban J connectivity index is 3.08. The van der Waals surface area contributed by atoms with E-state index in [0.717, 1.165) is 30.8 Å². The Kier molecular flexibility index (Phi) is 8.57. The summed E-state index contributed by atoms with van der Waals surface area (Å²) in [6, 6.07) is 5.78. The molecule has 0 aromatic heterocycles. The summed E-state index contributed by atoms with van der Waals surface area (Å²) in [6.07, 6.45) is 5.73. The van der Waals surface area contributed by atoms with Gasteiger partial charge in [-0.25, -0.2) is 0 Å². The van der Waals surface area contributed by atoms with Crippen molar-refractivity contribution in [2.45, 2.75) is 58.9 Å². The van der Waals surface area contributed by atoms with Crippen LogP contribution < -0.4 is 5.73 Å². The maximum Gasteiger partial charge on any atom is 0.216 e. The van der Waals surface area contributed by atoms with E-state index in [1.807, 2.05) is 12.1 Å². The van der Waals surface area contributed by atoms with Gasteiger partial charge in [0.2, 0.25) is 5.12 Å². The van der Waals surface area contributed by atoms with Gasteiger partial charge in [0.15, 0.2) is 0 Å². The first-order chi connectivity index (χ1) is 10.5. The molecule has 1 atom stereocenters. The van der Waals surface area contributed by atoms with Gasteiger partial charge in [0.25, 0.3) is 0 Å². The Morgan fingerprint density at radius 2 is 1.77 bits per heavy atom. The lowest BCUT2D eigenvalue weighted by Gasteiger charge is -2.32. The zero-order chi connectivity index (χ0) is 16.5. The molecule has 1 rings (SSSR count). The molecule has 3 nitrogen and oxygen atoms in total. The Hall–Kier alpha value is -1.00. The molecule has 0 aliphatic carbocycles. The number of anilines is 1. The van der Waals surface area contributed by atoms with Gasteiger partial charge in [0.1, 0.15) is 0 Å². The van der Waals surface area contributed by atoms with Crippen molar-refractivity contribution in [2.24, 2.45) is 0 Å². The van der Waals surface area contributed by atoms with Crippen molar-refractivity contribution in [2.75, 3.05) is 18.8 Å². The summed E-state index contributed by atoms with van der Waals surface area (Å²) in [5.74, 6) is 0. The molecule has 0 aliphatic rings. The Labute approximate surface area is 140 Å². The minimum Gasteiger partial charge on any atom is -0.398 e. The fourth-order valence-electron chi connectivity index (χ4n) is 2.82. The molecule has 1 aromatic rings. The van der Waals surface area contributed by atoms with Crippen molar-refractivity contribution in [3.05, 3.63) is 29.3 Å². The van der Waals surface area contributed by atoms with Crippen LogP contribution in [-0.4, -0.2) is 23.1 Å². The molecule has 0 radical (unpaired) electrons. The summed E-state index contributed by atoms with van der Waals surface area (Å²) >= 11 is 3.94. The number of rotatable bonds is 10. The molecule has 124 valence electrons. The van der Waals surface area contributed by atoms with Crippen LogP contribution >= 0.6 is 12.6 Å². The number of hydrogen-bond acceptors (Lipinski definition) is 3. The van der Waals surface area contributed by atoms with E-state index in [1.165, 1.54) is 25.7 Å². The molecule has 4 heteroatoms. The van der Waals surface area contributed by atoms with Crippen LogP contribution in [0.3, 0.4) is 0 Å². The monoisotopic (exact) mass is 322 g/mol. The van der Waals surface area contributed by atoms with Crippen molar-refractivity contribution >= 4 is 23.4 Å². The van der Waals surface area contributed by atoms with E-state index < -0.39 is 0 Å². The molecule has 0 aliphatic heterocycles. The van der Waals surface area contributed by atoms with Crippen LogP contribution in [-0.2, 0) is 0 Å². The van der Waals surface area contributed by atoms with Gasteiger partial charge in [-0.3, -0.25) is 9.69 Å². The zero-order valence-electron chi connectivity index (χ0n) is 14.1. The SMILES string of the molecule is CCCCN(CCCC)C(CC)c1cc(C(=O)S)ccc1N. The van der Waals surface area contributed by atoms with Gasteiger partial charge in [-0.15, -0.1) is 12.6 Å². The fraction of sp³-hybridized carbons (Fsp3) is 0.611. The van der Waals surface area contributed by atoms with E-state index in [0.29, 0.717) is 5.56 Å². The third-order valence-electron chi connectivity index (χ3n) is 4.12. The smallest absolute Gasteiger partial charge is 0.216 e. The topological polar surface area (TPSA) is 46.3 Å². The molecule has 1 aromatic carbocycles. The van der Waals surface area contributed by atoms with Crippen molar-refractivity contribution in [1.29, 1.82) is 0 Å². The van der Waals surface area contributed by atoms with Gasteiger partial charge in [0.05, 0.1) is 0 Å². The number of nitrogens with zero attached hydrogens (tertiary/aromatic N) is 1. The zero-order valence-corrected chi connectivity index (χ0v) is 15.0. The lowest BCUT2D eigenvalue weighted by atomic mass is 9.98. The van der Waals surface area contributed by atoms with Gasteiger partial charge in [-0.05, 0) is 56.1 Å². The number of unbranched alkanes of at least 4 members (excludes halogenated alkanes) is 2. The fourth-order valence-corrected chi connectivity index (χ4v) is 2.96. The van der Waals surface area contributed by atoms with Crippen LogP contribution in [0.25, 0.3) is 0 Å². The number of nitrogen functional groups attached to an aromatic ring is 1. The van der Waals surface area contributed by atoms with E-state index in [9.17, 15) is 4.79 Å². The van der Waals surface area contributed by atoms with Crippen LogP contribution in [0, 0.1) is 0 Å². The van der Waals surface area contributed by atoms with E-state index in [-0.39, 0.29) is 11.2 Å². The van der Waals surface area contributed by atoms with Crippen molar-refractivity contribution in [3.63, 3.8) is 0 Å². The number of carbonyl (C=O) groups excluding carboxylic acids is 1. The summed E-state index contributed by atoms with van der Waals surface area (Å²) in [7, 11) is 0. The molecule has 0 saturated carbocycles. The Bertz CT molecular complexity index is 468. The number of thiol groups is 1. The lowest BCUT2D eigenvalue weighted by molar-refractivity contribution is 0.109. The average molecular weight is 323 g/mol. The molecule has 0 spiro atoms. The highest BCUT2D eigenvalue weighted by Gasteiger charge is 2.21. The number of hydrogen-bond donors (Lipinski definition) is 2. The van der Waals surface area contributed by atoms with E-state index >= 15 is 0 Å². The maximum atomic E-state index is 11.5. The highest BCUT2D eigenvalue weighted by atomic mass is 32.1. The van der Waals surface area contributed by atoms with E-state index in [4.69, 9.17) is 5.73 Å². The molecular formula is C18H30N2OS. The standard InChI is InChI=1S/C18H30N2OS/c1-4-7-11-20(12-8-5-2)17(6-3)15-13-14(18(21)22)9-10-16(15)19/h9-10,13,17H,4-8,11-12,19H2,1-3H3,(H,21,22). The van der Waals surface area contributed by atoms with Gasteiger partial charge in [-0.2, -0.15) is 0 Å². The Morgan fingerprint density at radius 3 is 2.23 bits per heavy atom. The molecule has 0 amide bonds. The summed E-state index contributed by atoms with van der Waals surface area (Å²) in [5.41, 5.74) is 8.65. The van der Waals surface area contributed by atoms with Crippen LogP contribution in [0.1, 0.15) is 74.8 Å². The van der Waals surface area contributed by atoms with Gasteiger partial charge < -0.3 is 5.73 Å². The predicted molar refractivity (Wildman–Crippen MR) is 98.6 cm³/mol. The minimum atomic E-state index is -0.204. The van der Waals surface area contributed by atoms with Crippen LogP contribution in [0.2, 0.25) is 0 Å². The number of nitrogens with two attached hydrogens (primary N) is 1. The normalized spacial score (nSPS) is 12.6. The second-order valence-electron chi connectivity index (χ2n) is 5.82. The van der Waals surface area contributed by atoms with Crippen LogP contribution in [0.15, 0.2) is 18.2 Å². The van der Waals surface area contributed by atoms with E-state index in [1.54, 1.807) is 6.07 Å². The third kappa shape index (κ3) is 5.33. The van der Waals surface area contributed by atoms with Gasteiger partial charge in [0, 0.05) is 17.3 Å². The molecule has 0 fully saturated rings. The Morgan fingerprint density at radius 1 is 1.18 bits per heavy atom. The first kappa shape index (κ1) is 19.0. The second kappa shape index (κ2) is 9.90. The highest BCUT2D eigenvalue weighted by Crippen LogP contribution is 2.30. The molecule has 2 N–H and O–H groups in total. The van der Waals surface area contributed by atoms with Crippen LogP contribution in [0.5, 0.6) is 0 Å². The summed E-state index contributed by atoms with van der Waals surface area (Å²) in [4.78, 5) is 14.1. The average Bonchev–Trinajstić information content (AvgIpc) is 2.51. The molecule has 0 heterocycles. The minimum absolute atomic E-state index is 0.204. The molecule has 1 unspecified atom stereocenters. The largest absolute Gasteiger partial charge is 0.398 e. The van der Waals surface area contributed by atoms with Crippen molar-refractivity contribution < 1.29 is 4.79 Å². The predicted octanol–water partition coefficient (Wildman–Crippen LogP) is 4.69. The first-order valence-corrected chi connectivity index (χ1v) is 8.86. The third-order valence-corrected chi connectivity index (χ3v) is 4.38. The number of carbonyl (C=O) groups is 1. The maximum absolute atomic E-state index is 11.5. The molecular weight excluding hydrogens is 292 g/mol. The first-order valence-electron chi connectivity index (χ1n) is 8.41. The van der Waals surface area contributed by atoms with Crippen LogP contribution in [0.4, 0.5) is 5.69 Å². The van der Waals surface area contributed by atoms with Crippen molar-refractivity contribution in [1.82, 2.24) is 4.90 Å². The highest BCUT2D eigenvalue weighted by molar-refractivity contribution is 7.97. The summed E-state index contributed by atoms with van der Waals surface area (Å²) in [6.45, 7) is 8.77. The summed E-state index contributed by atoms with van der Waals surface area (Å²) in [5, 5.41) is -0.204.